The fraction of sp³-hybridized carbons (Fsp3) is 0.300. The third-order valence-electron chi connectivity index (χ3n) is 4.45. The van der Waals surface area contributed by atoms with Gasteiger partial charge in [-0.2, -0.15) is 0 Å². The predicted molar refractivity (Wildman–Crippen MR) is 98.9 cm³/mol. The summed E-state index contributed by atoms with van der Waals surface area (Å²) in [4.78, 5) is 19.1. The summed E-state index contributed by atoms with van der Waals surface area (Å²) < 4.78 is 13.4. The Balaban J connectivity index is 1.46. The Morgan fingerprint density at radius 1 is 1.19 bits per heavy atom. The van der Waals surface area contributed by atoms with Crippen molar-refractivity contribution in [3.63, 3.8) is 0 Å². The third-order valence-corrected chi connectivity index (χ3v) is 4.45. The van der Waals surface area contributed by atoms with Gasteiger partial charge in [-0.05, 0) is 38.2 Å². The first kappa shape index (κ1) is 16.6. The molecule has 6 heteroatoms. The molecular formula is C20H21N3O3. The molecule has 0 spiro atoms. The average Bonchev–Trinajstić information content (AvgIpc) is 2.61. The second kappa shape index (κ2) is 6.80. The van der Waals surface area contributed by atoms with Crippen LogP contribution in [0, 0.1) is 6.92 Å². The Morgan fingerprint density at radius 3 is 2.85 bits per heavy atom. The topological polar surface area (TPSA) is 56.1 Å². The van der Waals surface area contributed by atoms with Crippen molar-refractivity contribution in [2.75, 3.05) is 20.2 Å². The summed E-state index contributed by atoms with van der Waals surface area (Å²) in [6.45, 7) is 3.67. The van der Waals surface area contributed by atoms with Gasteiger partial charge in [0.15, 0.2) is 11.5 Å². The number of hydrogen-bond donors (Lipinski definition) is 0. The summed E-state index contributed by atoms with van der Waals surface area (Å²) in [5.41, 5.74) is 2.25. The minimum Gasteiger partial charge on any atom is -0.486 e. The van der Waals surface area contributed by atoms with Crippen molar-refractivity contribution >= 4 is 5.65 Å². The Bertz CT molecular complexity index is 999. The van der Waals surface area contributed by atoms with Gasteiger partial charge in [-0.1, -0.05) is 18.2 Å². The van der Waals surface area contributed by atoms with Crippen LogP contribution in [0.4, 0.5) is 0 Å². The van der Waals surface area contributed by atoms with Crippen molar-refractivity contribution in [3.8, 4) is 11.5 Å². The maximum atomic E-state index is 12.4. The summed E-state index contributed by atoms with van der Waals surface area (Å²) >= 11 is 0. The Hall–Kier alpha value is -2.86. The largest absolute Gasteiger partial charge is 0.486 e. The van der Waals surface area contributed by atoms with Crippen LogP contribution >= 0.6 is 0 Å². The second-order valence-electron chi connectivity index (χ2n) is 6.64. The Morgan fingerprint density at radius 2 is 2.00 bits per heavy atom. The number of rotatable bonds is 4. The number of para-hydroxylation sites is 2. The molecule has 1 aromatic carbocycles. The van der Waals surface area contributed by atoms with Crippen LogP contribution in [0.25, 0.3) is 5.65 Å². The van der Waals surface area contributed by atoms with E-state index in [9.17, 15) is 4.79 Å². The SMILES string of the molecule is Cc1cccc2nc(CN(C)C[C@H]3COc4ccccc4O3)cc(=O)n12. The highest BCUT2D eigenvalue weighted by atomic mass is 16.6. The quantitative estimate of drug-likeness (QED) is 0.722. The van der Waals surface area contributed by atoms with Gasteiger partial charge in [0.2, 0.25) is 0 Å². The summed E-state index contributed by atoms with van der Waals surface area (Å²) in [5.74, 6) is 1.56. The molecule has 1 aliphatic heterocycles. The molecule has 6 nitrogen and oxygen atoms in total. The van der Waals surface area contributed by atoms with Crippen molar-refractivity contribution in [1.29, 1.82) is 0 Å². The van der Waals surface area contributed by atoms with Crippen molar-refractivity contribution in [2.45, 2.75) is 19.6 Å². The van der Waals surface area contributed by atoms with E-state index >= 15 is 0 Å². The van der Waals surface area contributed by atoms with Crippen LogP contribution in [0.15, 0.2) is 53.3 Å². The highest BCUT2D eigenvalue weighted by molar-refractivity contribution is 5.41. The molecule has 0 fully saturated rings. The van der Waals surface area contributed by atoms with Crippen molar-refractivity contribution in [1.82, 2.24) is 14.3 Å². The first-order valence-corrected chi connectivity index (χ1v) is 8.65. The molecule has 0 saturated heterocycles. The van der Waals surface area contributed by atoms with Crippen molar-refractivity contribution in [2.24, 2.45) is 0 Å². The summed E-state index contributed by atoms with van der Waals surface area (Å²) in [6, 6.07) is 15.0. The predicted octanol–water partition coefficient (Wildman–Crippen LogP) is 2.27. The molecule has 1 atom stereocenters. The lowest BCUT2D eigenvalue weighted by Gasteiger charge is -2.29. The van der Waals surface area contributed by atoms with E-state index in [1.165, 1.54) is 0 Å². The fourth-order valence-corrected chi connectivity index (χ4v) is 3.29. The molecule has 1 aliphatic rings. The number of benzene rings is 1. The van der Waals surface area contributed by atoms with E-state index in [0.717, 1.165) is 22.9 Å². The van der Waals surface area contributed by atoms with Crippen LogP contribution in [0.1, 0.15) is 11.4 Å². The molecule has 4 rings (SSSR count). The first-order chi connectivity index (χ1) is 12.6. The lowest BCUT2D eigenvalue weighted by molar-refractivity contribution is 0.0635. The Labute approximate surface area is 151 Å². The number of aryl methyl sites for hydroxylation is 1. The number of aromatic nitrogens is 2. The summed E-state index contributed by atoms with van der Waals surface area (Å²) in [5, 5.41) is 0. The first-order valence-electron chi connectivity index (χ1n) is 8.65. The van der Waals surface area contributed by atoms with Crippen molar-refractivity contribution < 1.29 is 9.47 Å². The normalized spacial score (nSPS) is 16.2. The minimum absolute atomic E-state index is 0.0531. The van der Waals surface area contributed by atoms with E-state index < -0.39 is 0 Å². The van der Waals surface area contributed by atoms with Crippen LogP contribution < -0.4 is 15.0 Å². The maximum Gasteiger partial charge on any atom is 0.258 e. The molecule has 26 heavy (non-hydrogen) atoms. The van der Waals surface area contributed by atoms with Crippen LogP contribution in [-0.2, 0) is 6.54 Å². The van der Waals surface area contributed by atoms with Crippen LogP contribution in [0.2, 0.25) is 0 Å². The van der Waals surface area contributed by atoms with E-state index in [4.69, 9.17) is 9.47 Å². The zero-order chi connectivity index (χ0) is 18.1. The van der Waals surface area contributed by atoms with Gasteiger partial charge in [-0.3, -0.25) is 14.1 Å². The number of likely N-dealkylation sites (N-methyl/N-ethyl adjacent to an activating group) is 1. The number of hydrogen-bond acceptors (Lipinski definition) is 5. The molecule has 2 aromatic heterocycles. The molecular weight excluding hydrogens is 330 g/mol. The van der Waals surface area contributed by atoms with Gasteiger partial charge in [0.05, 0.1) is 5.69 Å². The van der Waals surface area contributed by atoms with Crippen molar-refractivity contribution in [3.05, 3.63) is 70.3 Å². The van der Waals surface area contributed by atoms with Crippen LogP contribution in [-0.4, -0.2) is 40.6 Å². The highest BCUT2D eigenvalue weighted by Gasteiger charge is 2.22. The summed E-state index contributed by atoms with van der Waals surface area (Å²) in [7, 11) is 1.99. The van der Waals surface area contributed by atoms with Gasteiger partial charge in [0.25, 0.3) is 5.56 Å². The number of ether oxygens (including phenoxy) is 2. The molecule has 0 N–H and O–H groups in total. The van der Waals surface area contributed by atoms with Crippen LogP contribution in [0.5, 0.6) is 11.5 Å². The van der Waals surface area contributed by atoms with Gasteiger partial charge in [0.1, 0.15) is 18.4 Å². The molecule has 0 bridgehead atoms. The van der Waals surface area contributed by atoms with Gasteiger partial charge in [-0.25, -0.2) is 4.98 Å². The fourth-order valence-electron chi connectivity index (χ4n) is 3.29. The Kier molecular flexibility index (Phi) is 4.34. The van der Waals surface area contributed by atoms with E-state index in [1.54, 1.807) is 10.5 Å². The smallest absolute Gasteiger partial charge is 0.258 e. The lowest BCUT2D eigenvalue weighted by atomic mass is 10.2. The molecule has 0 amide bonds. The lowest BCUT2D eigenvalue weighted by Crippen LogP contribution is -2.39. The zero-order valence-corrected chi connectivity index (χ0v) is 14.9. The molecule has 0 radical (unpaired) electrons. The van der Waals surface area contributed by atoms with E-state index in [2.05, 4.69) is 9.88 Å². The van der Waals surface area contributed by atoms with Gasteiger partial charge >= 0.3 is 0 Å². The molecule has 0 unspecified atom stereocenters. The maximum absolute atomic E-state index is 12.4. The molecule has 0 saturated carbocycles. The van der Waals surface area contributed by atoms with Gasteiger partial charge in [0, 0.05) is 24.8 Å². The second-order valence-corrected chi connectivity index (χ2v) is 6.64. The molecule has 134 valence electrons. The van der Waals surface area contributed by atoms with Gasteiger partial charge in [-0.15, -0.1) is 0 Å². The summed E-state index contributed by atoms with van der Waals surface area (Å²) in [6.07, 6.45) is -0.0568. The van der Waals surface area contributed by atoms with E-state index in [1.807, 2.05) is 56.4 Å². The average molecular weight is 351 g/mol. The standard InChI is InChI=1S/C20H21N3O3/c1-14-6-5-9-19-21-15(10-20(24)23(14)19)11-22(2)12-16-13-25-17-7-3-4-8-18(17)26-16/h3-10,16H,11-13H2,1-2H3/t16-/m0/s1. The third kappa shape index (κ3) is 3.28. The zero-order valence-electron chi connectivity index (χ0n) is 14.9. The van der Waals surface area contributed by atoms with Gasteiger partial charge < -0.3 is 9.47 Å². The minimum atomic E-state index is -0.0568. The molecule has 0 aliphatic carbocycles. The number of nitrogens with zero attached hydrogens (tertiary/aromatic N) is 3. The van der Waals surface area contributed by atoms with E-state index in [-0.39, 0.29) is 11.7 Å². The monoisotopic (exact) mass is 351 g/mol. The number of pyridine rings is 1. The molecule has 3 aromatic rings. The highest BCUT2D eigenvalue weighted by Crippen LogP contribution is 2.30. The van der Waals surface area contributed by atoms with E-state index in [0.29, 0.717) is 25.3 Å². The number of fused-ring (bicyclic) bond motifs is 2. The van der Waals surface area contributed by atoms with Crippen LogP contribution in [0.3, 0.4) is 0 Å². The molecule has 3 heterocycles.